The molecule has 2 fully saturated rings. The molecule has 1 aromatic rings. The summed E-state index contributed by atoms with van der Waals surface area (Å²) >= 11 is 0. The zero-order valence-corrected chi connectivity index (χ0v) is 11.4. The van der Waals surface area contributed by atoms with Crippen molar-refractivity contribution in [2.45, 2.75) is 25.7 Å². The van der Waals surface area contributed by atoms with Gasteiger partial charge in [-0.1, -0.05) is 36.8 Å². The molecule has 1 saturated heterocycles. The summed E-state index contributed by atoms with van der Waals surface area (Å²) < 4.78 is 0. The van der Waals surface area contributed by atoms with E-state index in [2.05, 4.69) is 34.5 Å². The fraction of sp³-hybridized carbons (Fsp3) is 0.562. The minimum Gasteiger partial charge on any atom is -0.340 e. The van der Waals surface area contributed by atoms with Crippen LogP contribution >= 0.6 is 0 Å². The number of hydrogen-bond acceptors (Lipinski definition) is 2. The second-order valence-electron chi connectivity index (χ2n) is 5.84. The molecule has 0 aromatic heterocycles. The largest absolute Gasteiger partial charge is 0.340 e. The molecule has 1 saturated carbocycles. The van der Waals surface area contributed by atoms with E-state index in [9.17, 15) is 4.79 Å². The number of hydrogen-bond donors (Lipinski definition) is 1. The van der Waals surface area contributed by atoms with Crippen LogP contribution in [0.3, 0.4) is 0 Å². The summed E-state index contributed by atoms with van der Waals surface area (Å²) in [6, 6.07) is 10.5. The summed E-state index contributed by atoms with van der Waals surface area (Å²) in [6.07, 6.45) is 4.23. The first-order chi connectivity index (χ1) is 9.30. The van der Waals surface area contributed by atoms with Crippen molar-refractivity contribution < 1.29 is 4.79 Å². The van der Waals surface area contributed by atoms with Crippen LogP contribution in [-0.2, 0) is 11.2 Å². The Morgan fingerprint density at radius 1 is 1.16 bits per heavy atom. The molecule has 1 aliphatic heterocycles. The molecule has 2 aliphatic rings. The lowest BCUT2D eigenvalue weighted by molar-refractivity contribution is -0.148. The van der Waals surface area contributed by atoms with Crippen molar-refractivity contribution >= 4 is 5.91 Å². The second-order valence-corrected chi connectivity index (χ2v) is 5.84. The predicted molar refractivity (Wildman–Crippen MR) is 75.9 cm³/mol. The van der Waals surface area contributed by atoms with Crippen LogP contribution in [0.15, 0.2) is 30.3 Å². The van der Waals surface area contributed by atoms with E-state index in [1.165, 1.54) is 12.0 Å². The summed E-state index contributed by atoms with van der Waals surface area (Å²) in [4.78, 5) is 14.9. The molecule has 19 heavy (non-hydrogen) atoms. The van der Waals surface area contributed by atoms with Gasteiger partial charge in [-0.2, -0.15) is 0 Å². The Bertz CT molecular complexity index is 433. The van der Waals surface area contributed by atoms with Crippen LogP contribution in [0.2, 0.25) is 0 Å². The Hall–Kier alpha value is -1.35. The van der Waals surface area contributed by atoms with E-state index < -0.39 is 0 Å². The molecular weight excluding hydrogens is 236 g/mol. The Labute approximate surface area is 115 Å². The molecule has 3 nitrogen and oxygen atoms in total. The summed E-state index contributed by atoms with van der Waals surface area (Å²) in [5.74, 6) is 0.393. The van der Waals surface area contributed by atoms with E-state index in [0.29, 0.717) is 5.91 Å². The predicted octanol–water partition coefficient (Wildman–Crippen LogP) is 1.83. The molecule has 3 heteroatoms. The van der Waals surface area contributed by atoms with Crippen molar-refractivity contribution in [1.29, 1.82) is 0 Å². The molecule has 1 amide bonds. The van der Waals surface area contributed by atoms with Gasteiger partial charge in [0.25, 0.3) is 0 Å². The summed E-state index contributed by atoms with van der Waals surface area (Å²) in [6.45, 7) is 3.62. The molecule has 1 heterocycles. The van der Waals surface area contributed by atoms with Gasteiger partial charge >= 0.3 is 0 Å². The van der Waals surface area contributed by atoms with E-state index >= 15 is 0 Å². The fourth-order valence-electron chi connectivity index (χ4n) is 3.26. The van der Waals surface area contributed by atoms with Gasteiger partial charge in [0.05, 0.1) is 5.41 Å². The molecule has 3 rings (SSSR count). The number of amides is 1. The van der Waals surface area contributed by atoms with Crippen molar-refractivity contribution in [2.24, 2.45) is 5.41 Å². The van der Waals surface area contributed by atoms with Crippen LogP contribution in [0.1, 0.15) is 24.8 Å². The zero-order chi connectivity index (χ0) is 13.1. The van der Waals surface area contributed by atoms with Crippen LogP contribution in [-0.4, -0.2) is 37.0 Å². The zero-order valence-electron chi connectivity index (χ0n) is 11.4. The molecule has 0 bridgehead atoms. The second kappa shape index (κ2) is 5.33. The standard InChI is InChI=1S/C16H22N2O/c19-15(18-11-9-17-10-12-18)16(7-4-8-16)13-14-5-2-1-3-6-14/h1-3,5-6,17H,4,7-13H2. The minimum atomic E-state index is -0.0985. The number of carbonyl (C=O) groups excluding carboxylic acids is 1. The number of nitrogens with zero attached hydrogens (tertiary/aromatic N) is 1. The van der Waals surface area contributed by atoms with Crippen LogP contribution in [0.4, 0.5) is 0 Å². The molecule has 0 atom stereocenters. The van der Waals surface area contributed by atoms with Gasteiger partial charge < -0.3 is 10.2 Å². The number of piperazine rings is 1. The van der Waals surface area contributed by atoms with Crippen LogP contribution in [0.5, 0.6) is 0 Å². The Morgan fingerprint density at radius 3 is 2.42 bits per heavy atom. The van der Waals surface area contributed by atoms with Gasteiger partial charge in [0.15, 0.2) is 0 Å². The maximum Gasteiger partial charge on any atom is 0.229 e. The average molecular weight is 258 g/mol. The summed E-state index contributed by atoms with van der Waals surface area (Å²) in [7, 11) is 0. The molecule has 1 N–H and O–H groups in total. The lowest BCUT2D eigenvalue weighted by Crippen LogP contribution is -2.54. The van der Waals surface area contributed by atoms with Crippen molar-refractivity contribution in [3.63, 3.8) is 0 Å². The molecule has 0 unspecified atom stereocenters. The van der Waals surface area contributed by atoms with Gasteiger partial charge in [-0.3, -0.25) is 4.79 Å². The Balaban J connectivity index is 1.73. The molecule has 102 valence electrons. The van der Waals surface area contributed by atoms with Crippen molar-refractivity contribution in [3.8, 4) is 0 Å². The first-order valence-corrected chi connectivity index (χ1v) is 7.34. The van der Waals surface area contributed by atoms with Crippen LogP contribution in [0.25, 0.3) is 0 Å². The van der Waals surface area contributed by atoms with Gasteiger partial charge in [0, 0.05) is 26.2 Å². The third-order valence-electron chi connectivity index (χ3n) is 4.55. The Kier molecular flexibility index (Phi) is 3.56. The number of carbonyl (C=O) groups is 1. The van der Waals surface area contributed by atoms with E-state index in [1.807, 2.05) is 6.07 Å². The van der Waals surface area contributed by atoms with Crippen LogP contribution in [0, 0.1) is 5.41 Å². The number of nitrogens with one attached hydrogen (secondary N) is 1. The van der Waals surface area contributed by atoms with Gasteiger partial charge in [0.1, 0.15) is 0 Å². The highest BCUT2D eigenvalue weighted by atomic mass is 16.2. The van der Waals surface area contributed by atoms with E-state index in [0.717, 1.165) is 45.4 Å². The molecular formula is C16H22N2O. The normalized spacial score (nSPS) is 21.8. The van der Waals surface area contributed by atoms with Crippen molar-refractivity contribution in [2.75, 3.05) is 26.2 Å². The summed E-state index contributed by atoms with van der Waals surface area (Å²) in [5, 5.41) is 3.31. The average Bonchev–Trinajstić information content (AvgIpc) is 2.44. The third kappa shape index (κ3) is 2.52. The van der Waals surface area contributed by atoms with Gasteiger partial charge in [0.2, 0.25) is 5.91 Å². The molecule has 1 aromatic carbocycles. The first-order valence-electron chi connectivity index (χ1n) is 7.34. The maximum absolute atomic E-state index is 12.8. The summed E-state index contributed by atoms with van der Waals surface area (Å²) in [5.41, 5.74) is 1.20. The fourth-order valence-corrected chi connectivity index (χ4v) is 3.26. The molecule has 1 aliphatic carbocycles. The smallest absolute Gasteiger partial charge is 0.229 e. The highest BCUT2D eigenvalue weighted by Crippen LogP contribution is 2.45. The number of benzene rings is 1. The lowest BCUT2D eigenvalue weighted by Gasteiger charge is -2.44. The SMILES string of the molecule is O=C(N1CCNCC1)C1(Cc2ccccc2)CCC1. The third-order valence-corrected chi connectivity index (χ3v) is 4.55. The van der Waals surface area contributed by atoms with Gasteiger partial charge in [-0.15, -0.1) is 0 Å². The van der Waals surface area contributed by atoms with Gasteiger partial charge in [-0.05, 0) is 24.8 Å². The quantitative estimate of drug-likeness (QED) is 0.897. The van der Waals surface area contributed by atoms with E-state index in [4.69, 9.17) is 0 Å². The topological polar surface area (TPSA) is 32.3 Å². The number of rotatable bonds is 3. The van der Waals surface area contributed by atoms with Crippen LogP contribution < -0.4 is 5.32 Å². The highest BCUT2D eigenvalue weighted by Gasteiger charge is 2.46. The first kappa shape index (κ1) is 12.7. The van der Waals surface area contributed by atoms with Gasteiger partial charge in [-0.25, -0.2) is 0 Å². The Morgan fingerprint density at radius 2 is 1.84 bits per heavy atom. The molecule has 0 spiro atoms. The minimum absolute atomic E-state index is 0.0985. The highest BCUT2D eigenvalue weighted by molar-refractivity contribution is 5.84. The monoisotopic (exact) mass is 258 g/mol. The van der Waals surface area contributed by atoms with E-state index in [1.54, 1.807) is 0 Å². The van der Waals surface area contributed by atoms with Crippen molar-refractivity contribution in [1.82, 2.24) is 10.2 Å². The van der Waals surface area contributed by atoms with Crippen molar-refractivity contribution in [3.05, 3.63) is 35.9 Å². The van der Waals surface area contributed by atoms with E-state index in [-0.39, 0.29) is 5.41 Å². The maximum atomic E-state index is 12.8. The molecule has 0 radical (unpaired) electrons. The lowest BCUT2D eigenvalue weighted by atomic mass is 9.64.